The number of aromatic amines is 1. The zero-order valence-corrected chi connectivity index (χ0v) is 24.9. The van der Waals surface area contributed by atoms with Crippen LogP contribution in [0.15, 0.2) is 30.3 Å². The number of amides is 1. The summed E-state index contributed by atoms with van der Waals surface area (Å²) in [5.41, 5.74) is 3.49. The molecule has 0 unspecified atom stereocenters. The van der Waals surface area contributed by atoms with E-state index < -0.39 is 23.9 Å². The van der Waals surface area contributed by atoms with Crippen molar-refractivity contribution in [1.82, 2.24) is 24.8 Å². The van der Waals surface area contributed by atoms with Crippen molar-refractivity contribution in [2.75, 3.05) is 31.5 Å². The number of hydrogen-bond acceptors (Lipinski definition) is 8. The maximum Gasteiger partial charge on any atom is 0.494 e. The van der Waals surface area contributed by atoms with Crippen LogP contribution in [-0.4, -0.2) is 80.9 Å². The Kier molecular flexibility index (Phi) is 7.35. The van der Waals surface area contributed by atoms with Crippen LogP contribution in [0.1, 0.15) is 59.7 Å². The van der Waals surface area contributed by atoms with Crippen molar-refractivity contribution < 1.29 is 18.8 Å². The number of rotatable bonds is 5. The molecule has 2 N–H and O–H groups in total. The second-order valence-electron chi connectivity index (χ2n) is 12.8. The van der Waals surface area contributed by atoms with Gasteiger partial charge in [-0.25, -0.2) is 14.8 Å². The molecule has 3 aromatic rings. The third-order valence-corrected chi connectivity index (χ3v) is 7.72. The summed E-state index contributed by atoms with van der Waals surface area (Å²) in [6, 6.07) is 10.2. The Bertz CT molecular complexity index is 1370. The molecule has 1 aromatic carbocycles. The van der Waals surface area contributed by atoms with Crippen LogP contribution in [0.5, 0.6) is 0 Å². The molecule has 0 aliphatic carbocycles. The van der Waals surface area contributed by atoms with E-state index in [1.807, 2.05) is 45.9 Å². The summed E-state index contributed by atoms with van der Waals surface area (Å²) in [4.78, 5) is 29.3. The van der Waals surface area contributed by atoms with E-state index in [2.05, 4.69) is 60.0 Å². The average molecular weight is 548 g/mol. The first-order valence-corrected chi connectivity index (χ1v) is 14.0. The maximum atomic E-state index is 12.4. The van der Waals surface area contributed by atoms with E-state index in [9.17, 15) is 4.79 Å². The molecule has 2 aromatic heterocycles. The molecule has 214 valence electrons. The van der Waals surface area contributed by atoms with E-state index in [1.54, 1.807) is 4.90 Å². The first-order valence-electron chi connectivity index (χ1n) is 14.0. The predicted molar refractivity (Wildman–Crippen MR) is 157 cm³/mol. The van der Waals surface area contributed by atoms with E-state index >= 15 is 0 Å². The highest BCUT2D eigenvalue weighted by Crippen LogP contribution is 2.36. The van der Waals surface area contributed by atoms with Gasteiger partial charge in [-0.05, 0) is 90.7 Å². The lowest BCUT2D eigenvalue weighted by Gasteiger charge is -2.35. The first kappa shape index (κ1) is 28.4. The highest BCUT2D eigenvalue weighted by molar-refractivity contribution is 6.62. The van der Waals surface area contributed by atoms with Crippen molar-refractivity contribution in [1.29, 1.82) is 0 Å². The lowest BCUT2D eigenvalue weighted by atomic mass is 9.79. The van der Waals surface area contributed by atoms with Crippen LogP contribution in [0.4, 0.5) is 16.6 Å². The molecule has 1 amide bonds. The number of carbonyl (C=O) groups excluding carboxylic acids is 1. The number of piperazine rings is 1. The molecule has 0 saturated carbocycles. The zero-order chi connectivity index (χ0) is 28.9. The first-order chi connectivity index (χ1) is 18.7. The number of carbonyl (C=O) groups is 1. The molecule has 2 aliphatic rings. The molecule has 2 fully saturated rings. The highest BCUT2D eigenvalue weighted by atomic mass is 16.7. The molecular formula is C29H41BN6O4. The Morgan fingerprint density at radius 3 is 2.38 bits per heavy atom. The number of imidazole rings is 1. The number of pyridine rings is 1. The van der Waals surface area contributed by atoms with Gasteiger partial charge in [0.15, 0.2) is 0 Å². The molecule has 0 radical (unpaired) electrons. The lowest BCUT2D eigenvalue weighted by Crippen LogP contribution is -2.49. The lowest BCUT2D eigenvalue weighted by molar-refractivity contribution is 0.00578. The van der Waals surface area contributed by atoms with Gasteiger partial charge in [-0.3, -0.25) is 4.90 Å². The van der Waals surface area contributed by atoms with E-state index in [4.69, 9.17) is 19.0 Å². The minimum Gasteiger partial charge on any atom is -0.444 e. The third-order valence-electron chi connectivity index (χ3n) is 7.72. The van der Waals surface area contributed by atoms with Crippen LogP contribution in [0, 0.1) is 6.92 Å². The monoisotopic (exact) mass is 548 g/mol. The predicted octanol–water partition coefficient (Wildman–Crippen LogP) is 4.36. The van der Waals surface area contributed by atoms with Gasteiger partial charge in [0, 0.05) is 38.4 Å². The molecule has 2 saturated heterocycles. The largest absolute Gasteiger partial charge is 0.494 e. The van der Waals surface area contributed by atoms with Gasteiger partial charge >= 0.3 is 13.2 Å². The number of ether oxygens (including phenoxy) is 1. The fraction of sp³-hybridized carbons (Fsp3) is 0.552. The van der Waals surface area contributed by atoms with Gasteiger partial charge in [0.25, 0.3) is 0 Å². The summed E-state index contributed by atoms with van der Waals surface area (Å²) < 4.78 is 18.0. The van der Waals surface area contributed by atoms with Gasteiger partial charge < -0.3 is 29.2 Å². The molecule has 4 heterocycles. The number of H-pyrrole nitrogens is 1. The molecule has 5 rings (SSSR count). The van der Waals surface area contributed by atoms with Crippen molar-refractivity contribution >= 4 is 41.5 Å². The van der Waals surface area contributed by atoms with Crippen molar-refractivity contribution in [3.63, 3.8) is 0 Å². The van der Waals surface area contributed by atoms with Crippen LogP contribution in [0.2, 0.25) is 0 Å². The summed E-state index contributed by atoms with van der Waals surface area (Å²) in [5, 5.41) is 3.34. The Hall–Kier alpha value is -3.15. The van der Waals surface area contributed by atoms with Crippen molar-refractivity contribution in [2.45, 2.75) is 78.7 Å². The van der Waals surface area contributed by atoms with Gasteiger partial charge in [0.2, 0.25) is 5.95 Å². The summed E-state index contributed by atoms with van der Waals surface area (Å²) in [6.45, 7) is 19.5. The summed E-state index contributed by atoms with van der Waals surface area (Å²) in [7, 11) is -0.430. The highest BCUT2D eigenvalue weighted by Gasteiger charge is 2.51. The Morgan fingerprint density at radius 2 is 1.73 bits per heavy atom. The molecule has 10 nitrogen and oxygen atoms in total. The number of fused-ring (bicyclic) bond motifs is 1. The van der Waals surface area contributed by atoms with E-state index in [1.165, 1.54) is 0 Å². The minimum atomic E-state index is -0.485. The fourth-order valence-corrected chi connectivity index (χ4v) is 4.90. The minimum absolute atomic E-state index is 0.243. The summed E-state index contributed by atoms with van der Waals surface area (Å²) >= 11 is 0. The second kappa shape index (κ2) is 10.4. The topological polar surface area (TPSA) is 105 Å². The number of anilines is 2. The Balaban J connectivity index is 1.23. The van der Waals surface area contributed by atoms with Crippen LogP contribution < -0.4 is 10.8 Å². The van der Waals surface area contributed by atoms with Crippen LogP contribution in [-0.2, 0) is 20.6 Å². The van der Waals surface area contributed by atoms with Gasteiger partial charge in [-0.15, -0.1) is 0 Å². The van der Waals surface area contributed by atoms with Gasteiger partial charge in [-0.2, -0.15) is 0 Å². The van der Waals surface area contributed by atoms with Crippen molar-refractivity contribution in [3.8, 4) is 0 Å². The number of nitrogens with one attached hydrogen (secondary N) is 2. The normalized spacial score (nSPS) is 19.3. The maximum absolute atomic E-state index is 12.4. The SMILES string of the molecule is Cc1cc(CN2CCN(C(=O)OC(C)(C)C)CC2)cc(Nc2nc3ccc(B4OC(C)(C)C(C)(C)O4)cc3[nH]2)n1. The van der Waals surface area contributed by atoms with Crippen LogP contribution >= 0.6 is 0 Å². The molecular weight excluding hydrogens is 507 g/mol. The van der Waals surface area contributed by atoms with Gasteiger partial charge in [0.1, 0.15) is 11.4 Å². The second-order valence-corrected chi connectivity index (χ2v) is 12.8. The Morgan fingerprint density at radius 1 is 1.05 bits per heavy atom. The number of aryl methyl sites for hydroxylation is 1. The molecule has 2 aliphatic heterocycles. The Labute approximate surface area is 236 Å². The molecule has 11 heteroatoms. The average Bonchev–Trinajstić information content (AvgIpc) is 3.33. The van der Waals surface area contributed by atoms with Crippen molar-refractivity contribution in [2.24, 2.45) is 0 Å². The van der Waals surface area contributed by atoms with Crippen LogP contribution in [0.25, 0.3) is 11.0 Å². The summed E-state index contributed by atoms with van der Waals surface area (Å²) in [5.74, 6) is 1.35. The standard InChI is InChI=1S/C29H41BN6O4/c1-19-15-20(18-35-11-13-36(14-12-35)26(37)38-27(2,3)4)16-24(31-19)34-25-32-22-10-9-21(17-23(22)33-25)30-39-28(5,6)29(7,8)40-30/h9-10,15-17H,11-14,18H2,1-8H3,(H2,31,32,33,34). The van der Waals surface area contributed by atoms with Crippen LogP contribution in [0.3, 0.4) is 0 Å². The quantitative estimate of drug-likeness (QED) is 0.454. The molecule has 0 spiro atoms. The fourth-order valence-electron chi connectivity index (χ4n) is 4.90. The van der Waals surface area contributed by atoms with E-state index in [0.29, 0.717) is 19.0 Å². The number of aromatic nitrogens is 3. The van der Waals surface area contributed by atoms with Gasteiger partial charge in [0.05, 0.1) is 22.2 Å². The molecule has 0 bridgehead atoms. The number of benzene rings is 1. The van der Waals surface area contributed by atoms with E-state index in [0.717, 1.165) is 53.2 Å². The van der Waals surface area contributed by atoms with Gasteiger partial charge in [-0.1, -0.05) is 6.07 Å². The third kappa shape index (κ3) is 6.26. The molecule has 0 atom stereocenters. The smallest absolute Gasteiger partial charge is 0.444 e. The molecule has 40 heavy (non-hydrogen) atoms. The number of nitrogens with zero attached hydrogens (tertiary/aromatic N) is 4. The number of hydrogen-bond donors (Lipinski definition) is 2. The van der Waals surface area contributed by atoms with Crippen molar-refractivity contribution in [3.05, 3.63) is 41.6 Å². The zero-order valence-electron chi connectivity index (χ0n) is 24.9. The van der Waals surface area contributed by atoms with E-state index in [-0.39, 0.29) is 6.09 Å². The summed E-state index contributed by atoms with van der Waals surface area (Å²) in [6.07, 6.45) is -0.243.